The number of phenols is 2. The van der Waals surface area contributed by atoms with Crippen molar-refractivity contribution in [2.45, 2.75) is 0 Å². The molecule has 6 N–H and O–H groups in total. The molecule has 2 aromatic carbocycles. The van der Waals surface area contributed by atoms with Gasteiger partial charge in [0.05, 0.1) is 0 Å². The second kappa shape index (κ2) is 3.66. The van der Waals surface area contributed by atoms with Gasteiger partial charge in [0.15, 0.2) is 11.5 Å². The second-order valence-electron chi connectivity index (χ2n) is 3.52. The number of hydrogen-bond acceptors (Lipinski definition) is 4. The van der Waals surface area contributed by atoms with Gasteiger partial charge in [0.1, 0.15) is 0 Å². The van der Waals surface area contributed by atoms with Gasteiger partial charge < -0.3 is 21.7 Å². The number of nitrogens with two attached hydrogens (primary N) is 2. The van der Waals surface area contributed by atoms with Crippen LogP contribution in [0.4, 0.5) is 11.4 Å². The maximum Gasteiger partial charge on any atom is 0.165 e. The lowest BCUT2D eigenvalue weighted by Gasteiger charge is -2.09. The van der Waals surface area contributed by atoms with Crippen LogP contribution in [0.2, 0.25) is 0 Å². The molecule has 0 aliphatic carbocycles. The lowest BCUT2D eigenvalue weighted by Crippen LogP contribution is -1.93. The van der Waals surface area contributed by atoms with E-state index in [9.17, 15) is 10.2 Å². The molecule has 16 heavy (non-hydrogen) atoms. The number of nitrogen functional groups attached to an aromatic ring is 2. The predicted molar refractivity (Wildman–Crippen MR) is 64.0 cm³/mol. The fraction of sp³-hybridized carbons (Fsp3) is 0. The molecule has 0 heterocycles. The van der Waals surface area contributed by atoms with E-state index in [1.807, 2.05) is 0 Å². The Hall–Kier alpha value is -2.36. The summed E-state index contributed by atoms with van der Waals surface area (Å²) in [4.78, 5) is 0. The van der Waals surface area contributed by atoms with E-state index in [1.165, 1.54) is 6.07 Å². The summed E-state index contributed by atoms with van der Waals surface area (Å²) in [6.07, 6.45) is 0. The van der Waals surface area contributed by atoms with Crippen molar-refractivity contribution < 1.29 is 10.2 Å². The Morgan fingerprint density at radius 1 is 0.875 bits per heavy atom. The number of rotatable bonds is 1. The van der Waals surface area contributed by atoms with Crippen molar-refractivity contribution >= 4 is 11.4 Å². The van der Waals surface area contributed by atoms with Crippen molar-refractivity contribution in [3.63, 3.8) is 0 Å². The monoisotopic (exact) mass is 216 g/mol. The van der Waals surface area contributed by atoms with Crippen molar-refractivity contribution in [2.24, 2.45) is 0 Å². The molecular weight excluding hydrogens is 204 g/mol. The summed E-state index contributed by atoms with van der Waals surface area (Å²) in [5, 5.41) is 19.1. The SMILES string of the molecule is Nc1ccc(-c2cccc(O)c2O)c(N)c1. The van der Waals surface area contributed by atoms with Gasteiger partial charge in [0, 0.05) is 22.5 Å². The summed E-state index contributed by atoms with van der Waals surface area (Å²) in [5.41, 5.74) is 13.5. The van der Waals surface area contributed by atoms with Crippen LogP contribution in [0.3, 0.4) is 0 Å². The molecule has 82 valence electrons. The zero-order valence-electron chi connectivity index (χ0n) is 8.51. The minimum absolute atomic E-state index is 0.172. The molecule has 0 aliphatic rings. The molecule has 0 amide bonds. The van der Waals surface area contributed by atoms with E-state index >= 15 is 0 Å². The first-order chi connectivity index (χ1) is 7.59. The van der Waals surface area contributed by atoms with Gasteiger partial charge in [0.2, 0.25) is 0 Å². The van der Waals surface area contributed by atoms with Crippen molar-refractivity contribution in [1.82, 2.24) is 0 Å². The normalized spacial score (nSPS) is 10.2. The van der Waals surface area contributed by atoms with Crippen LogP contribution in [-0.4, -0.2) is 10.2 Å². The summed E-state index contributed by atoms with van der Waals surface area (Å²) in [6.45, 7) is 0. The van der Waals surface area contributed by atoms with Gasteiger partial charge in [0.25, 0.3) is 0 Å². The Kier molecular flexibility index (Phi) is 2.32. The van der Waals surface area contributed by atoms with E-state index in [1.54, 1.807) is 30.3 Å². The van der Waals surface area contributed by atoms with Crippen LogP contribution in [0.25, 0.3) is 11.1 Å². The zero-order chi connectivity index (χ0) is 11.7. The highest BCUT2D eigenvalue weighted by Gasteiger charge is 2.10. The van der Waals surface area contributed by atoms with Crippen LogP contribution in [-0.2, 0) is 0 Å². The summed E-state index contributed by atoms with van der Waals surface area (Å²) in [5.74, 6) is -0.354. The molecule has 4 heteroatoms. The Morgan fingerprint density at radius 3 is 2.31 bits per heavy atom. The third-order valence-corrected chi connectivity index (χ3v) is 2.38. The highest BCUT2D eigenvalue weighted by Crippen LogP contribution is 2.38. The number of benzene rings is 2. The minimum atomic E-state index is -0.182. The number of aromatic hydroxyl groups is 2. The third-order valence-electron chi connectivity index (χ3n) is 2.38. The van der Waals surface area contributed by atoms with Gasteiger partial charge in [-0.15, -0.1) is 0 Å². The van der Waals surface area contributed by atoms with Gasteiger partial charge >= 0.3 is 0 Å². The second-order valence-corrected chi connectivity index (χ2v) is 3.52. The van der Waals surface area contributed by atoms with E-state index in [0.717, 1.165) is 0 Å². The first-order valence-corrected chi connectivity index (χ1v) is 4.76. The van der Waals surface area contributed by atoms with Crippen LogP contribution in [0, 0.1) is 0 Å². The van der Waals surface area contributed by atoms with E-state index in [0.29, 0.717) is 22.5 Å². The quantitative estimate of drug-likeness (QED) is 0.433. The van der Waals surface area contributed by atoms with Crippen molar-refractivity contribution in [2.75, 3.05) is 11.5 Å². The summed E-state index contributed by atoms with van der Waals surface area (Å²) in [7, 11) is 0. The standard InChI is InChI=1S/C12H12N2O2/c13-7-4-5-8(10(14)6-7)9-2-1-3-11(15)12(9)16/h1-6,15-16H,13-14H2. The van der Waals surface area contributed by atoms with Crippen molar-refractivity contribution in [1.29, 1.82) is 0 Å². The molecule has 0 spiro atoms. The van der Waals surface area contributed by atoms with E-state index in [4.69, 9.17) is 11.5 Å². The third kappa shape index (κ3) is 1.61. The molecule has 2 rings (SSSR count). The molecule has 0 unspecified atom stereocenters. The molecular formula is C12H12N2O2. The van der Waals surface area contributed by atoms with E-state index in [2.05, 4.69) is 0 Å². The van der Waals surface area contributed by atoms with Crippen LogP contribution >= 0.6 is 0 Å². The lowest BCUT2D eigenvalue weighted by atomic mass is 10.0. The average Bonchev–Trinajstić information content (AvgIpc) is 2.23. The summed E-state index contributed by atoms with van der Waals surface area (Å²) < 4.78 is 0. The first kappa shape index (κ1) is 10.2. The van der Waals surface area contributed by atoms with Gasteiger partial charge in [-0.2, -0.15) is 0 Å². The Bertz CT molecular complexity index is 539. The fourth-order valence-electron chi connectivity index (χ4n) is 1.58. The molecule has 0 radical (unpaired) electrons. The molecule has 2 aromatic rings. The average molecular weight is 216 g/mol. The van der Waals surface area contributed by atoms with Crippen molar-refractivity contribution in [3.8, 4) is 22.6 Å². The molecule has 0 saturated carbocycles. The van der Waals surface area contributed by atoms with Crippen LogP contribution in [0.5, 0.6) is 11.5 Å². The van der Waals surface area contributed by atoms with Crippen molar-refractivity contribution in [3.05, 3.63) is 36.4 Å². The fourth-order valence-corrected chi connectivity index (χ4v) is 1.58. The Morgan fingerprint density at radius 2 is 1.62 bits per heavy atom. The van der Waals surface area contributed by atoms with Gasteiger partial charge in [-0.05, 0) is 18.2 Å². The van der Waals surface area contributed by atoms with Gasteiger partial charge in [-0.3, -0.25) is 0 Å². The molecule has 0 bridgehead atoms. The zero-order valence-corrected chi connectivity index (χ0v) is 8.51. The number of para-hydroxylation sites is 1. The van der Waals surface area contributed by atoms with Gasteiger partial charge in [-0.25, -0.2) is 0 Å². The highest BCUT2D eigenvalue weighted by atomic mass is 16.3. The molecule has 4 nitrogen and oxygen atoms in total. The smallest absolute Gasteiger partial charge is 0.165 e. The lowest BCUT2D eigenvalue weighted by molar-refractivity contribution is 0.405. The Labute approximate surface area is 92.8 Å². The largest absolute Gasteiger partial charge is 0.504 e. The van der Waals surface area contributed by atoms with E-state index in [-0.39, 0.29) is 11.5 Å². The Balaban J connectivity index is 2.63. The summed E-state index contributed by atoms with van der Waals surface area (Å²) >= 11 is 0. The topological polar surface area (TPSA) is 92.5 Å². The molecule has 0 saturated heterocycles. The maximum atomic E-state index is 9.71. The minimum Gasteiger partial charge on any atom is -0.504 e. The van der Waals surface area contributed by atoms with E-state index < -0.39 is 0 Å². The summed E-state index contributed by atoms with van der Waals surface area (Å²) in [6, 6.07) is 9.73. The predicted octanol–water partition coefficient (Wildman–Crippen LogP) is 1.93. The van der Waals surface area contributed by atoms with Crippen LogP contribution < -0.4 is 11.5 Å². The molecule has 0 aliphatic heterocycles. The molecule has 0 fully saturated rings. The van der Waals surface area contributed by atoms with Crippen LogP contribution in [0.1, 0.15) is 0 Å². The molecule has 0 atom stereocenters. The molecule has 0 aromatic heterocycles. The first-order valence-electron chi connectivity index (χ1n) is 4.76. The van der Waals surface area contributed by atoms with Crippen LogP contribution in [0.15, 0.2) is 36.4 Å². The van der Waals surface area contributed by atoms with Gasteiger partial charge in [-0.1, -0.05) is 18.2 Å². The maximum absolute atomic E-state index is 9.71. The highest BCUT2D eigenvalue weighted by molar-refractivity contribution is 5.83. The number of anilines is 2. The number of hydrogen-bond donors (Lipinski definition) is 4. The number of phenolic OH excluding ortho intramolecular Hbond substituents is 2.